The molecule has 0 radical (unpaired) electrons. The van der Waals surface area contributed by atoms with Gasteiger partial charge in [-0.2, -0.15) is 0 Å². The number of hydrogen-bond donors (Lipinski definition) is 2. The van der Waals surface area contributed by atoms with E-state index in [4.69, 9.17) is 11.1 Å². The second-order valence-electron chi connectivity index (χ2n) is 2.46. The first-order valence-corrected chi connectivity index (χ1v) is 4.70. The predicted octanol–water partition coefficient (Wildman–Crippen LogP) is 1.48. The van der Waals surface area contributed by atoms with Crippen LogP contribution in [0, 0.1) is 5.41 Å². The summed E-state index contributed by atoms with van der Waals surface area (Å²) in [6.07, 6.45) is 2.47. The van der Waals surface area contributed by atoms with E-state index in [0.717, 1.165) is 11.8 Å². The molecule has 0 spiro atoms. The summed E-state index contributed by atoms with van der Waals surface area (Å²) in [5.74, 6) is -0.373. The van der Waals surface area contributed by atoms with Gasteiger partial charge in [-0.25, -0.2) is 4.79 Å². The van der Waals surface area contributed by atoms with Crippen molar-refractivity contribution in [2.24, 2.45) is 5.73 Å². The lowest BCUT2D eigenvalue weighted by Crippen LogP contribution is -1.97. The Morgan fingerprint density at radius 2 is 2.43 bits per heavy atom. The van der Waals surface area contributed by atoms with E-state index in [1.54, 1.807) is 11.4 Å². The molecule has 1 heterocycles. The fourth-order valence-electron chi connectivity index (χ4n) is 0.923. The lowest BCUT2D eigenvalue weighted by atomic mass is 10.1. The van der Waals surface area contributed by atoms with Crippen LogP contribution in [0.25, 0.3) is 5.57 Å². The molecule has 14 heavy (non-hydrogen) atoms. The van der Waals surface area contributed by atoms with Gasteiger partial charge in [0.25, 0.3) is 0 Å². The fourth-order valence-corrected chi connectivity index (χ4v) is 1.76. The van der Waals surface area contributed by atoms with Gasteiger partial charge in [-0.15, -0.1) is 11.3 Å². The van der Waals surface area contributed by atoms with Crippen molar-refractivity contribution in [3.63, 3.8) is 0 Å². The quantitative estimate of drug-likeness (QED) is 0.586. The van der Waals surface area contributed by atoms with Gasteiger partial charge in [0.15, 0.2) is 0 Å². The molecule has 0 atom stereocenters. The first kappa shape index (κ1) is 10.5. The number of hydrogen-bond acceptors (Lipinski definition) is 5. The van der Waals surface area contributed by atoms with Crippen LogP contribution in [0.5, 0.6) is 0 Å². The highest BCUT2D eigenvalue weighted by molar-refractivity contribution is 7.12. The smallest absolute Gasteiger partial charge is 0.348 e. The first-order chi connectivity index (χ1) is 6.72. The van der Waals surface area contributed by atoms with E-state index in [2.05, 4.69) is 4.74 Å². The number of ether oxygens (including phenoxy) is 1. The second kappa shape index (κ2) is 4.57. The van der Waals surface area contributed by atoms with Crippen LogP contribution in [0.3, 0.4) is 0 Å². The molecule has 0 aliphatic rings. The Bertz CT molecular complexity index is 382. The number of methoxy groups -OCH3 is 1. The summed E-state index contributed by atoms with van der Waals surface area (Å²) in [5.41, 5.74) is 6.65. The van der Waals surface area contributed by atoms with Crippen molar-refractivity contribution < 1.29 is 9.53 Å². The monoisotopic (exact) mass is 210 g/mol. The number of carbonyl (C=O) groups excluding carboxylic acids is 1. The number of nitrogens with two attached hydrogens (primary N) is 1. The molecular formula is C9H10N2O2S. The molecule has 0 aliphatic heterocycles. The first-order valence-electron chi connectivity index (χ1n) is 3.82. The third-order valence-corrected chi connectivity index (χ3v) is 2.56. The van der Waals surface area contributed by atoms with Gasteiger partial charge >= 0.3 is 5.97 Å². The number of allylic oxidation sites excluding steroid dienone is 1. The van der Waals surface area contributed by atoms with Crippen molar-refractivity contribution in [2.75, 3.05) is 7.11 Å². The van der Waals surface area contributed by atoms with Crippen molar-refractivity contribution in [2.45, 2.75) is 0 Å². The molecule has 1 rings (SSSR count). The van der Waals surface area contributed by atoms with Crippen LogP contribution < -0.4 is 5.73 Å². The zero-order valence-corrected chi connectivity index (χ0v) is 8.43. The van der Waals surface area contributed by atoms with Gasteiger partial charge in [-0.05, 0) is 17.0 Å². The van der Waals surface area contributed by atoms with Crippen LogP contribution in [-0.2, 0) is 4.74 Å². The van der Waals surface area contributed by atoms with Gasteiger partial charge in [0.2, 0.25) is 0 Å². The van der Waals surface area contributed by atoms with Gasteiger partial charge in [-0.3, -0.25) is 0 Å². The lowest BCUT2D eigenvalue weighted by Gasteiger charge is -1.94. The number of thiophene rings is 1. The maximum atomic E-state index is 11.1. The molecule has 1 aromatic heterocycles. The Balaban J connectivity index is 2.98. The van der Waals surface area contributed by atoms with Crippen LogP contribution in [-0.4, -0.2) is 19.3 Å². The summed E-state index contributed by atoms with van der Waals surface area (Å²) in [7, 11) is 1.33. The van der Waals surface area contributed by atoms with Crippen molar-refractivity contribution in [3.8, 4) is 0 Å². The Hall–Kier alpha value is -1.62. The Morgan fingerprint density at radius 3 is 2.93 bits per heavy atom. The van der Waals surface area contributed by atoms with Crippen LogP contribution in [0.1, 0.15) is 15.2 Å². The number of nitrogens with one attached hydrogen (secondary N) is 1. The molecule has 0 aliphatic carbocycles. The van der Waals surface area contributed by atoms with Crippen molar-refractivity contribution in [1.82, 2.24) is 0 Å². The maximum Gasteiger partial charge on any atom is 0.348 e. The van der Waals surface area contributed by atoms with Crippen LogP contribution in [0.4, 0.5) is 0 Å². The largest absolute Gasteiger partial charge is 0.465 e. The average Bonchev–Trinajstić information content (AvgIpc) is 2.68. The second-order valence-corrected chi connectivity index (χ2v) is 3.37. The number of esters is 1. The minimum Gasteiger partial charge on any atom is -0.465 e. The summed E-state index contributed by atoms with van der Waals surface area (Å²) >= 11 is 1.27. The minimum atomic E-state index is -0.373. The van der Waals surface area contributed by atoms with E-state index in [-0.39, 0.29) is 5.97 Å². The summed E-state index contributed by atoms with van der Waals surface area (Å²) in [6, 6.07) is 1.65. The highest BCUT2D eigenvalue weighted by Gasteiger charge is 2.09. The third-order valence-electron chi connectivity index (χ3n) is 1.65. The summed E-state index contributed by atoms with van der Waals surface area (Å²) in [5, 5.41) is 8.83. The molecule has 1 aromatic rings. The van der Waals surface area contributed by atoms with E-state index in [0.29, 0.717) is 10.5 Å². The fraction of sp³-hybridized carbons (Fsp3) is 0.111. The Labute approximate surface area is 85.5 Å². The number of rotatable bonds is 3. The van der Waals surface area contributed by atoms with Gasteiger partial charge in [0, 0.05) is 18.0 Å². The standard InChI is InChI=1S/C9H10N2O2S/c1-13-9(12)8-2-6(5-14-8)7(3-10)4-11/h2-5,10H,11H2,1H3/b7-4+,10-3?. The molecule has 0 fully saturated rings. The minimum absolute atomic E-state index is 0.373. The Morgan fingerprint density at radius 1 is 1.71 bits per heavy atom. The molecule has 0 bridgehead atoms. The molecule has 0 amide bonds. The molecule has 5 heteroatoms. The van der Waals surface area contributed by atoms with Crippen molar-refractivity contribution >= 4 is 29.1 Å². The summed E-state index contributed by atoms with van der Waals surface area (Å²) in [6.45, 7) is 0. The van der Waals surface area contributed by atoms with Gasteiger partial charge in [0.1, 0.15) is 4.88 Å². The summed E-state index contributed by atoms with van der Waals surface area (Å²) in [4.78, 5) is 11.6. The maximum absolute atomic E-state index is 11.1. The number of carbonyl (C=O) groups is 1. The molecule has 74 valence electrons. The van der Waals surface area contributed by atoms with E-state index in [1.165, 1.54) is 24.6 Å². The molecule has 0 saturated heterocycles. The van der Waals surface area contributed by atoms with Gasteiger partial charge in [-0.1, -0.05) is 0 Å². The molecule has 0 unspecified atom stereocenters. The summed E-state index contributed by atoms with van der Waals surface area (Å²) < 4.78 is 4.56. The molecule has 3 N–H and O–H groups in total. The average molecular weight is 210 g/mol. The van der Waals surface area contributed by atoms with Crippen molar-refractivity contribution in [1.29, 1.82) is 5.41 Å². The van der Waals surface area contributed by atoms with Crippen molar-refractivity contribution in [3.05, 3.63) is 28.1 Å². The third kappa shape index (κ3) is 2.00. The zero-order chi connectivity index (χ0) is 10.6. The van der Waals surface area contributed by atoms with E-state index in [1.807, 2.05) is 0 Å². The molecule has 0 aromatic carbocycles. The van der Waals surface area contributed by atoms with Gasteiger partial charge < -0.3 is 15.9 Å². The SMILES string of the molecule is COC(=O)c1cc(/C(C=N)=C/N)cs1. The molecule has 0 saturated carbocycles. The predicted molar refractivity (Wildman–Crippen MR) is 56.6 cm³/mol. The zero-order valence-electron chi connectivity index (χ0n) is 7.61. The topological polar surface area (TPSA) is 76.2 Å². The van der Waals surface area contributed by atoms with Crippen LogP contribution >= 0.6 is 11.3 Å². The van der Waals surface area contributed by atoms with E-state index >= 15 is 0 Å². The lowest BCUT2D eigenvalue weighted by molar-refractivity contribution is 0.0606. The highest BCUT2D eigenvalue weighted by Crippen LogP contribution is 2.20. The van der Waals surface area contributed by atoms with Crippen LogP contribution in [0.15, 0.2) is 17.6 Å². The van der Waals surface area contributed by atoms with E-state index < -0.39 is 0 Å². The van der Waals surface area contributed by atoms with Gasteiger partial charge in [0.05, 0.1) is 7.11 Å². The molecular weight excluding hydrogens is 200 g/mol. The van der Waals surface area contributed by atoms with E-state index in [9.17, 15) is 4.79 Å². The highest BCUT2D eigenvalue weighted by atomic mass is 32.1. The molecule has 4 nitrogen and oxygen atoms in total. The Kier molecular flexibility index (Phi) is 3.41. The van der Waals surface area contributed by atoms with Crippen LogP contribution in [0.2, 0.25) is 0 Å². The normalized spacial score (nSPS) is 11.1.